The Balaban J connectivity index is 1.29. The van der Waals surface area contributed by atoms with Crippen LogP contribution in [-0.4, -0.2) is 12.1 Å². The van der Waals surface area contributed by atoms with E-state index in [1.165, 1.54) is 31.3 Å². The normalized spacial score (nSPS) is 35.0. The number of carbonyl (C=O) groups excluding carboxylic acids is 1. The van der Waals surface area contributed by atoms with Gasteiger partial charge < -0.3 is 4.74 Å². The van der Waals surface area contributed by atoms with Crippen LogP contribution in [0.3, 0.4) is 0 Å². The molecule has 37 heavy (non-hydrogen) atoms. The summed E-state index contributed by atoms with van der Waals surface area (Å²) in [4.78, 5) is 12.7. The summed E-state index contributed by atoms with van der Waals surface area (Å²) in [6.45, 7) is 14.6. The molecule has 200 valence electrons. The van der Waals surface area contributed by atoms with E-state index in [2.05, 4.69) is 59.8 Å². The molecule has 0 saturated heterocycles. The zero-order valence-corrected chi connectivity index (χ0v) is 24.1. The minimum absolute atomic E-state index is 0.000217. The highest BCUT2D eigenvalue weighted by Gasteiger charge is 2.54. The van der Waals surface area contributed by atoms with Crippen molar-refractivity contribution in [2.45, 2.75) is 99.0 Å². The number of allylic oxidation sites excluding steroid dienone is 5. The minimum Gasteiger partial charge on any atom is -0.458 e. The van der Waals surface area contributed by atoms with E-state index in [-0.39, 0.29) is 17.5 Å². The summed E-state index contributed by atoms with van der Waals surface area (Å²) in [7, 11) is 0. The maximum absolute atomic E-state index is 12.7. The molecule has 0 aliphatic heterocycles. The average molecular weight is 501 g/mol. The SMILES string of the molecule is CC(C)C(C)C=CC(C)C1CCC2C3=C(CCC21C)C1(C)CCC(OC(=O)c2ccccc2)CC1=CC3. The largest absolute Gasteiger partial charge is 0.458 e. The van der Waals surface area contributed by atoms with Crippen molar-refractivity contribution in [3.63, 3.8) is 0 Å². The Morgan fingerprint density at radius 2 is 1.76 bits per heavy atom. The molecule has 1 aromatic rings. The number of carbonyl (C=O) groups is 1. The first-order chi connectivity index (χ1) is 17.6. The lowest BCUT2D eigenvalue weighted by atomic mass is 9.53. The Kier molecular flexibility index (Phi) is 7.33. The molecule has 7 unspecified atom stereocenters. The molecule has 0 N–H and O–H groups in total. The summed E-state index contributed by atoms with van der Waals surface area (Å²) in [5, 5.41) is 0. The Morgan fingerprint density at radius 3 is 2.49 bits per heavy atom. The number of fused-ring (bicyclic) bond motifs is 4. The summed E-state index contributed by atoms with van der Waals surface area (Å²) in [5.74, 6) is 3.35. The Bertz CT molecular complexity index is 1090. The molecule has 0 aromatic heterocycles. The standard InChI is InChI=1S/C35H48O2/c1-23(2)24(3)12-13-25(4)30-16-17-31-29-15-14-27-22-28(37-33(36)26-10-8-7-9-11-26)18-20-34(27,5)32(29)19-21-35(30,31)6/h7-14,23-25,28,30-31H,15-22H2,1-6H3. The van der Waals surface area contributed by atoms with Gasteiger partial charge in [-0.2, -0.15) is 0 Å². The molecule has 2 saturated carbocycles. The van der Waals surface area contributed by atoms with Gasteiger partial charge in [0.15, 0.2) is 0 Å². The number of rotatable bonds is 6. The van der Waals surface area contributed by atoms with Gasteiger partial charge in [0, 0.05) is 11.8 Å². The lowest BCUT2D eigenvalue weighted by Gasteiger charge is -2.52. The van der Waals surface area contributed by atoms with Crippen molar-refractivity contribution in [2.75, 3.05) is 0 Å². The van der Waals surface area contributed by atoms with Crippen LogP contribution in [-0.2, 0) is 4.74 Å². The maximum Gasteiger partial charge on any atom is 0.338 e. The molecule has 2 fully saturated rings. The van der Waals surface area contributed by atoms with Crippen molar-refractivity contribution >= 4 is 5.97 Å². The van der Waals surface area contributed by atoms with Crippen LogP contribution in [0.25, 0.3) is 0 Å². The molecule has 5 rings (SSSR count). The van der Waals surface area contributed by atoms with Crippen LogP contribution >= 0.6 is 0 Å². The molecular weight excluding hydrogens is 452 g/mol. The number of hydrogen-bond donors (Lipinski definition) is 0. The fourth-order valence-electron chi connectivity index (χ4n) is 8.39. The first kappa shape index (κ1) is 26.5. The Labute approximate surface area is 225 Å². The van der Waals surface area contributed by atoms with Gasteiger partial charge in [-0.3, -0.25) is 0 Å². The third-order valence-electron chi connectivity index (χ3n) is 11.2. The van der Waals surface area contributed by atoms with E-state index in [9.17, 15) is 4.79 Å². The van der Waals surface area contributed by atoms with Gasteiger partial charge in [0.2, 0.25) is 0 Å². The molecule has 4 aliphatic rings. The Morgan fingerprint density at radius 1 is 1.00 bits per heavy atom. The zero-order valence-electron chi connectivity index (χ0n) is 24.1. The van der Waals surface area contributed by atoms with E-state index in [0.717, 1.165) is 37.5 Å². The molecule has 1 aromatic carbocycles. The van der Waals surface area contributed by atoms with Crippen molar-refractivity contribution < 1.29 is 9.53 Å². The third-order valence-corrected chi connectivity index (χ3v) is 11.2. The molecule has 2 heteroatoms. The highest BCUT2D eigenvalue weighted by atomic mass is 16.5. The van der Waals surface area contributed by atoms with Crippen molar-refractivity contribution in [3.05, 3.63) is 70.8 Å². The lowest BCUT2D eigenvalue weighted by Crippen LogP contribution is -2.42. The second kappa shape index (κ2) is 10.2. The fourth-order valence-corrected chi connectivity index (χ4v) is 8.39. The van der Waals surface area contributed by atoms with Crippen LogP contribution in [0.1, 0.15) is 103 Å². The predicted molar refractivity (Wildman–Crippen MR) is 153 cm³/mol. The topological polar surface area (TPSA) is 26.3 Å². The molecular formula is C35H48O2. The molecule has 0 heterocycles. The third kappa shape index (κ3) is 4.79. The first-order valence-electron chi connectivity index (χ1n) is 15.0. The van der Waals surface area contributed by atoms with E-state index in [1.54, 1.807) is 11.1 Å². The summed E-state index contributed by atoms with van der Waals surface area (Å²) < 4.78 is 5.99. The van der Waals surface area contributed by atoms with E-state index >= 15 is 0 Å². The first-order valence-corrected chi connectivity index (χ1v) is 15.0. The maximum atomic E-state index is 12.7. The summed E-state index contributed by atoms with van der Waals surface area (Å²) in [6, 6.07) is 9.44. The minimum atomic E-state index is -0.179. The van der Waals surface area contributed by atoms with Gasteiger partial charge in [-0.25, -0.2) is 4.79 Å². The van der Waals surface area contributed by atoms with Gasteiger partial charge in [-0.05, 0) is 92.1 Å². The molecule has 0 bridgehead atoms. The molecule has 0 radical (unpaired) electrons. The van der Waals surface area contributed by atoms with Crippen molar-refractivity contribution in [2.24, 2.45) is 40.4 Å². The van der Waals surface area contributed by atoms with E-state index < -0.39 is 0 Å². The van der Waals surface area contributed by atoms with Gasteiger partial charge in [0.1, 0.15) is 6.10 Å². The second-order valence-electron chi connectivity index (χ2n) is 13.5. The van der Waals surface area contributed by atoms with E-state index in [4.69, 9.17) is 4.74 Å². The van der Waals surface area contributed by atoms with Crippen molar-refractivity contribution in [3.8, 4) is 0 Å². The highest BCUT2D eigenvalue weighted by molar-refractivity contribution is 5.89. The van der Waals surface area contributed by atoms with Crippen molar-refractivity contribution in [1.29, 1.82) is 0 Å². The summed E-state index contributed by atoms with van der Waals surface area (Å²) in [6.07, 6.45) is 16.9. The number of hydrogen-bond acceptors (Lipinski definition) is 2. The zero-order chi connectivity index (χ0) is 26.4. The number of ether oxygens (including phenoxy) is 1. The van der Waals surface area contributed by atoms with Crippen LogP contribution in [0.15, 0.2) is 65.3 Å². The molecule has 4 aliphatic carbocycles. The summed E-state index contributed by atoms with van der Waals surface area (Å²) in [5.41, 5.74) is 6.32. The fraction of sp³-hybridized carbons (Fsp3) is 0.629. The van der Waals surface area contributed by atoms with Crippen LogP contribution < -0.4 is 0 Å². The molecule has 0 amide bonds. The smallest absolute Gasteiger partial charge is 0.338 e. The van der Waals surface area contributed by atoms with Crippen molar-refractivity contribution in [1.82, 2.24) is 0 Å². The van der Waals surface area contributed by atoms with Gasteiger partial charge in [-0.15, -0.1) is 0 Å². The van der Waals surface area contributed by atoms with Gasteiger partial charge in [0.05, 0.1) is 5.56 Å². The number of esters is 1. The highest BCUT2D eigenvalue weighted by Crippen LogP contribution is 2.64. The molecule has 2 nitrogen and oxygen atoms in total. The number of benzene rings is 1. The van der Waals surface area contributed by atoms with E-state index in [0.29, 0.717) is 28.7 Å². The van der Waals surface area contributed by atoms with Gasteiger partial charge in [-0.1, -0.05) is 94.7 Å². The molecule has 7 atom stereocenters. The van der Waals surface area contributed by atoms with Crippen LogP contribution in [0.5, 0.6) is 0 Å². The van der Waals surface area contributed by atoms with E-state index in [1.807, 2.05) is 30.3 Å². The average Bonchev–Trinajstić information content (AvgIpc) is 3.25. The second-order valence-corrected chi connectivity index (χ2v) is 13.5. The summed E-state index contributed by atoms with van der Waals surface area (Å²) >= 11 is 0. The van der Waals surface area contributed by atoms with Crippen LogP contribution in [0, 0.1) is 40.4 Å². The predicted octanol–water partition coefficient (Wildman–Crippen LogP) is 9.34. The Hall–Kier alpha value is -2.09. The molecule has 0 spiro atoms. The van der Waals surface area contributed by atoms with Crippen LogP contribution in [0.4, 0.5) is 0 Å². The van der Waals surface area contributed by atoms with Crippen LogP contribution in [0.2, 0.25) is 0 Å². The monoisotopic (exact) mass is 500 g/mol. The lowest BCUT2D eigenvalue weighted by molar-refractivity contribution is 0.0192. The van der Waals surface area contributed by atoms with Gasteiger partial charge in [0.25, 0.3) is 0 Å². The van der Waals surface area contributed by atoms with Gasteiger partial charge >= 0.3 is 5.97 Å². The quantitative estimate of drug-likeness (QED) is 0.287.